The van der Waals surface area contributed by atoms with E-state index in [-0.39, 0.29) is 17.9 Å². The summed E-state index contributed by atoms with van der Waals surface area (Å²) in [6.45, 7) is 2.74. The van der Waals surface area contributed by atoms with Crippen molar-refractivity contribution in [1.82, 2.24) is 9.88 Å². The molecule has 2 heterocycles. The molecule has 0 spiro atoms. The zero-order chi connectivity index (χ0) is 19.8. The van der Waals surface area contributed by atoms with Crippen LogP contribution in [0.5, 0.6) is 0 Å². The van der Waals surface area contributed by atoms with Gasteiger partial charge in [-0.2, -0.15) is 0 Å². The molecule has 0 bridgehead atoms. The highest BCUT2D eigenvalue weighted by Crippen LogP contribution is 2.21. The Kier molecular flexibility index (Phi) is 4.68. The Balaban J connectivity index is 1.55. The number of fused-ring (bicyclic) bond motifs is 2. The van der Waals surface area contributed by atoms with Crippen molar-refractivity contribution in [2.45, 2.75) is 19.9 Å². The number of nitrogens with zero attached hydrogens (tertiary/aromatic N) is 1. The van der Waals surface area contributed by atoms with E-state index >= 15 is 0 Å². The molecular weight excluding hydrogens is 364 g/mol. The maximum Gasteiger partial charge on any atom is 0.238 e. The molecule has 3 aromatic rings. The lowest BCUT2D eigenvalue weighted by Crippen LogP contribution is -2.39. The Morgan fingerprint density at radius 3 is 2.82 bits per heavy atom. The van der Waals surface area contributed by atoms with Crippen molar-refractivity contribution < 1.29 is 13.6 Å². The number of anilines is 1. The highest BCUT2D eigenvalue weighted by atomic mass is 19.1. The number of aryl methyl sites for hydroxylation is 1. The van der Waals surface area contributed by atoms with Crippen LogP contribution in [0.4, 0.5) is 14.5 Å². The first-order chi connectivity index (χ1) is 13.4. The second-order valence-electron chi connectivity index (χ2n) is 7.08. The van der Waals surface area contributed by atoms with Crippen molar-refractivity contribution >= 4 is 22.5 Å². The van der Waals surface area contributed by atoms with E-state index in [9.17, 15) is 18.4 Å². The first-order valence-corrected chi connectivity index (χ1v) is 9.02. The minimum absolute atomic E-state index is 0.0790. The van der Waals surface area contributed by atoms with Crippen LogP contribution >= 0.6 is 0 Å². The predicted octanol–water partition coefficient (Wildman–Crippen LogP) is 3.11. The highest BCUT2D eigenvalue weighted by molar-refractivity contribution is 5.92. The third kappa shape index (κ3) is 3.53. The Morgan fingerprint density at radius 1 is 1.21 bits per heavy atom. The second kappa shape index (κ2) is 7.16. The molecule has 1 amide bonds. The number of H-pyrrole nitrogens is 1. The van der Waals surface area contributed by atoms with Crippen LogP contribution < -0.4 is 10.7 Å². The molecule has 0 saturated carbocycles. The molecule has 2 aromatic carbocycles. The first kappa shape index (κ1) is 18.3. The number of carbonyl (C=O) groups is 1. The summed E-state index contributed by atoms with van der Waals surface area (Å²) in [7, 11) is 0. The summed E-state index contributed by atoms with van der Waals surface area (Å²) in [5.41, 5.74) is 2.91. The second-order valence-corrected chi connectivity index (χ2v) is 7.08. The molecule has 0 atom stereocenters. The number of halogens is 2. The summed E-state index contributed by atoms with van der Waals surface area (Å²) in [6.07, 6.45) is 0.588. The van der Waals surface area contributed by atoms with Crippen molar-refractivity contribution in [3.63, 3.8) is 0 Å². The zero-order valence-corrected chi connectivity index (χ0v) is 15.3. The van der Waals surface area contributed by atoms with E-state index in [0.29, 0.717) is 47.2 Å². The van der Waals surface area contributed by atoms with E-state index in [2.05, 4.69) is 10.3 Å². The van der Waals surface area contributed by atoms with Crippen molar-refractivity contribution in [3.05, 3.63) is 75.1 Å². The molecule has 7 heteroatoms. The number of carbonyl (C=O) groups excluding carboxylic acids is 1. The first-order valence-electron chi connectivity index (χ1n) is 9.02. The fourth-order valence-electron chi connectivity index (χ4n) is 3.67. The quantitative estimate of drug-likeness (QED) is 0.731. The minimum atomic E-state index is -0.447. The summed E-state index contributed by atoms with van der Waals surface area (Å²) in [4.78, 5) is 30.3. The maximum absolute atomic E-state index is 13.8. The van der Waals surface area contributed by atoms with Crippen LogP contribution in [-0.4, -0.2) is 28.9 Å². The molecule has 28 heavy (non-hydrogen) atoms. The van der Waals surface area contributed by atoms with Crippen LogP contribution in [0.15, 0.2) is 41.2 Å². The van der Waals surface area contributed by atoms with Gasteiger partial charge in [-0.15, -0.1) is 0 Å². The molecule has 1 aromatic heterocycles. The molecular formula is C21H19F2N3O2. The number of aromatic nitrogens is 1. The number of rotatable bonds is 3. The van der Waals surface area contributed by atoms with Crippen LogP contribution in [0.1, 0.15) is 16.8 Å². The Labute approximate surface area is 160 Å². The molecule has 0 aliphatic carbocycles. The van der Waals surface area contributed by atoms with Gasteiger partial charge in [0, 0.05) is 41.8 Å². The van der Waals surface area contributed by atoms with Gasteiger partial charge in [0.2, 0.25) is 5.91 Å². The number of pyridine rings is 1. The molecule has 0 saturated heterocycles. The van der Waals surface area contributed by atoms with Crippen LogP contribution in [-0.2, 0) is 17.8 Å². The molecule has 4 rings (SSSR count). The Hall–Kier alpha value is -3.06. The third-order valence-corrected chi connectivity index (χ3v) is 4.99. The SMILES string of the molecule is Cc1cc(F)cc2c(=O)c3c([nH]c12)CCN(CC(=O)Nc1cccc(F)c1)C3. The largest absolute Gasteiger partial charge is 0.358 e. The van der Waals surface area contributed by atoms with Crippen LogP contribution in [0.25, 0.3) is 10.9 Å². The fraction of sp³-hybridized carbons (Fsp3) is 0.238. The third-order valence-electron chi connectivity index (χ3n) is 4.99. The van der Waals surface area contributed by atoms with Crippen molar-refractivity contribution in [3.8, 4) is 0 Å². The highest BCUT2D eigenvalue weighted by Gasteiger charge is 2.23. The van der Waals surface area contributed by atoms with Gasteiger partial charge < -0.3 is 10.3 Å². The van der Waals surface area contributed by atoms with Gasteiger partial charge in [0.05, 0.1) is 12.1 Å². The lowest BCUT2D eigenvalue weighted by molar-refractivity contribution is -0.117. The average molecular weight is 383 g/mol. The Bertz CT molecular complexity index is 1140. The fourth-order valence-corrected chi connectivity index (χ4v) is 3.67. The number of hydrogen-bond donors (Lipinski definition) is 2. The molecule has 0 radical (unpaired) electrons. The minimum Gasteiger partial charge on any atom is -0.358 e. The van der Waals surface area contributed by atoms with Crippen LogP contribution in [0.2, 0.25) is 0 Å². The van der Waals surface area contributed by atoms with E-state index in [4.69, 9.17) is 0 Å². The summed E-state index contributed by atoms with van der Waals surface area (Å²) in [5, 5.41) is 2.98. The lowest BCUT2D eigenvalue weighted by Gasteiger charge is -2.28. The zero-order valence-electron chi connectivity index (χ0n) is 15.3. The summed E-state index contributed by atoms with van der Waals surface area (Å²) in [5.74, 6) is -1.16. The van der Waals surface area contributed by atoms with E-state index in [0.717, 1.165) is 5.69 Å². The summed E-state index contributed by atoms with van der Waals surface area (Å²) >= 11 is 0. The number of amides is 1. The monoisotopic (exact) mass is 383 g/mol. The number of aromatic amines is 1. The van der Waals surface area contributed by atoms with Gasteiger partial charge in [-0.05, 0) is 42.8 Å². The van der Waals surface area contributed by atoms with E-state index in [1.807, 2.05) is 4.90 Å². The van der Waals surface area contributed by atoms with Gasteiger partial charge >= 0.3 is 0 Å². The molecule has 2 N–H and O–H groups in total. The molecule has 0 fully saturated rings. The molecule has 144 valence electrons. The van der Waals surface area contributed by atoms with E-state index in [1.54, 1.807) is 13.0 Å². The van der Waals surface area contributed by atoms with Gasteiger partial charge in [0.1, 0.15) is 11.6 Å². The van der Waals surface area contributed by atoms with Crippen molar-refractivity contribution in [1.29, 1.82) is 0 Å². The topological polar surface area (TPSA) is 65.2 Å². The summed E-state index contributed by atoms with van der Waals surface area (Å²) in [6, 6.07) is 8.33. The molecule has 0 unspecified atom stereocenters. The van der Waals surface area contributed by atoms with E-state index < -0.39 is 11.6 Å². The van der Waals surface area contributed by atoms with Gasteiger partial charge in [-0.3, -0.25) is 14.5 Å². The standard InChI is InChI=1S/C21H19F2N3O2/c1-12-7-14(23)9-16-20(12)25-18-5-6-26(10-17(18)21(16)28)11-19(27)24-15-4-2-3-13(22)8-15/h2-4,7-9H,5-6,10-11H2,1H3,(H,24,27)(H,25,28). The van der Waals surface area contributed by atoms with Gasteiger partial charge in [0.15, 0.2) is 5.43 Å². The van der Waals surface area contributed by atoms with Crippen LogP contribution in [0, 0.1) is 18.6 Å². The number of nitrogens with one attached hydrogen (secondary N) is 2. The van der Waals surface area contributed by atoms with Gasteiger partial charge in [-0.25, -0.2) is 8.78 Å². The van der Waals surface area contributed by atoms with Gasteiger partial charge in [-0.1, -0.05) is 6.07 Å². The van der Waals surface area contributed by atoms with Crippen molar-refractivity contribution in [2.24, 2.45) is 0 Å². The number of benzene rings is 2. The summed E-state index contributed by atoms with van der Waals surface area (Å²) < 4.78 is 27.0. The van der Waals surface area contributed by atoms with Gasteiger partial charge in [0.25, 0.3) is 0 Å². The average Bonchev–Trinajstić information content (AvgIpc) is 2.63. The van der Waals surface area contributed by atoms with Crippen molar-refractivity contribution in [2.75, 3.05) is 18.4 Å². The molecule has 1 aliphatic heterocycles. The Morgan fingerprint density at radius 2 is 2.04 bits per heavy atom. The normalized spacial score (nSPS) is 14.1. The van der Waals surface area contributed by atoms with Crippen LogP contribution in [0.3, 0.4) is 0 Å². The molecule has 5 nitrogen and oxygen atoms in total. The molecule has 1 aliphatic rings. The lowest BCUT2D eigenvalue weighted by atomic mass is 10.0. The number of hydrogen-bond acceptors (Lipinski definition) is 3. The maximum atomic E-state index is 13.8. The predicted molar refractivity (Wildman–Crippen MR) is 103 cm³/mol. The smallest absolute Gasteiger partial charge is 0.238 e. The van der Waals surface area contributed by atoms with E-state index in [1.165, 1.54) is 30.3 Å².